The van der Waals surface area contributed by atoms with Crippen LogP contribution in [0, 0.1) is 0 Å². The molecular weight excluding hydrogens is 608 g/mol. The second-order valence-corrected chi connectivity index (χ2v) is 13.8. The zero-order valence-electron chi connectivity index (χ0n) is 30.5. The summed E-state index contributed by atoms with van der Waals surface area (Å²) in [4.78, 5) is 0. The lowest BCUT2D eigenvalue weighted by Gasteiger charge is -2.37. The van der Waals surface area contributed by atoms with E-state index in [1.54, 1.807) is 0 Å². The maximum Gasteiger partial charge on any atom is 0.184 e. The lowest BCUT2D eigenvalue weighted by molar-refractivity contribution is -0.155. The first-order valence-corrected chi connectivity index (χ1v) is 19.6. The summed E-state index contributed by atoms with van der Waals surface area (Å²) in [6, 6.07) is 31.2. The van der Waals surface area contributed by atoms with Gasteiger partial charge in [-0.2, -0.15) is 0 Å². The molecule has 0 unspecified atom stereocenters. The molecule has 0 amide bonds. The van der Waals surface area contributed by atoms with Gasteiger partial charge in [0.2, 0.25) is 0 Å². The van der Waals surface area contributed by atoms with Gasteiger partial charge in [-0.1, -0.05) is 195 Å². The van der Waals surface area contributed by atoms with Crippen molar-refractivity contribution >= 4 is 0 Å². The highest BCUT2D eigenvalue weighted by Crippen LogP contribution is 2.41. The Labute approximate surface area is 297 Å². The predicted molar refractivity (Wildman–Crippen MR) is 201 cm³/mol. The molecule has 270 valence electrons. The molecule has 3 aromatic rings. The van der Waals surface area contributed by atoms with Crippen molar-refractivity contribution in [3.63, 3.8) is 0 Å². The molecule has 5 nitrogen and oxygen atoms in total. The van der Waals surface area contributed by atoms with Crippen LogP contribution in [-0.2, 0) is 24.5 Å². The van der Waals surface area contributed by atoms with Gasteiger partial charge < -0.3 is 24.1 Å². The van der Waals surface area contributed by atoms with Gasteiger partial charge in [0.15, 0.2) is 6.29 Å². The van der Waals surface area contributed by atoms with Crippen molar-refractivity contribution in [1.29, 1.82) is 0 Å². The van der Waals surface area contributed by atoms with Crippen LogP contribution in [0.4, 0.5) is 0 Å². The van der Waals surface area contributed by atoms with Gasteiger partial charge in [-0.05, 0) is 29.5 Å². The van der Waals surface area contributed by atoms with Gasteiger partial charge in [-0.25, -0.2) is 0 Å². The summed E-state index contributed by atoms with van der Waals surface area (Å²) in [6.07, 6.45) is 17.3. The molecule has 0 aromatic heterocycles. The summed E-state index contributed by atoms with van der Waals surface area (Å²) < 4.78 is 26.3. The highest BCUT2D eigenvalue weighted by molar-refractivity contribution is 5.47. The lowest BCUT2D eigenvalue weighted by Crippen LogP contribution is -2.42. The molecule has 0 aliphatic carbocycles. The molecule has 0 radical (unpaired) electrons. The van der Waals surface area contributed by atoms with Crippen LogP contribution in [0.15, 0.2) is 91.0 Å². The molecule has 1 fully saturated rings. The highest BCUT2D eigenvalue weighted by Gasteiger charge is 2.47. The lowest BCUT2D eigenvalue weighted by atomic mass is 9.80. The number of aliphatic hydroxyl groups is 1. The van der Waals surface area contributed by atoms with Crippen LogP contribution < -0.4 is 0 Å². The van der Waals surface area contributed by atoms with Gasteiger partial charge in [0.25, 0.3) is 0 Å². The summed E-state index contributed by atoms with van der Waals surface area (Å²) in [5, 5.41) is 11.2. The topological polar surface area (TPSA) is 57.2 Å². The minimum atomic E-state index is -1.06. The molecule has 0 saturated carbocycles. The molecule has 1 aliphatic rings. The second-order valence-electron chi connectivity index (χ2n) is 13.8. The molecule has 0 spiro atoms. The third kappa shape index (κ3) is 12.3. The van der Waals surface area contributed by atoms with Gasteiger partial charge in [0, 0.05) is 13.2 Å². The van der Waals surface area contributed by atoms with Gasteiger partial charge in [0.1, 0.15) is 23.9 Å². The van der Waals surface area contributed by atoms with E-state index in [4.69, 9.17) is 18.9 Å². The minimum absolute atomic E-state index is 0.232. The first kappa shape index (κ1) is 39.2. The molecule has 3 aromatic carbocycles. The van der Waals surface area contributed by atoms with E-state index in [9.17, 15) is 5.11 Å². The fourth-order valence-corrected chi connectivity index (χ4v) is 7.11. The molecule has 4 atom stereocenters. The average molecular weight is 673 g/mol. The fourth-order valence-electron chi connectivity index (χ4n) is 7.11. The number of aliphatic hydroxyl groups excluding tert-OH is 1. The van der Waals surface area contributed by atoms with Gasteiger partial charge in [-0.15, -0.1) is 0 Å². The van der Waals surface area contributed by atoms with E-state index in [-0.39, 0.29) is 6.61 Å². The number of benzene rings is 3. The molecule has 49 heavy (non-hydrogen) atoms. The fraction of sp³-hybridized carbons (Fsp3) is 0.591. The van der Waals surface area contributed by atoms with E-state index in [2.05, 4.69) is 86.6 Å². The number of unbranched alkanes of at least 4 members (excludes halogenated alkanes) is 14. The van der Waals surface area contributed by atoms with Gasteiger partial charge in [0.05, 0.1) is 6.61 Å². The van der Waals surface area contributed by atoms with Crippen LogP contribution in [0.5, 0.6) is 0 Å². The van der Waals surface area contributed by atoms with E-state index in [0.29, 0.717) is 13.2 Å². The maximum absolute atomic E-state index is 11.2. The number of rotatable bonds is 26. The zero-order chi connectivity index (χ0) is 34.4. The first-order chi connectivity index (χ1) is 24.2. The molecule has 1 saturated heterocycles. The summed E-state index contributed by atoms with van der Waals surface area (Å²) in [7, 11) is 0. The summed E-state index contributed by atoms with van der Waals surface area (Å²) in [6.45, 7) is 5.96. The predicted octanol–water partition coefficient (Wildman–Crippen LogP) is 10.8. The van der Waals surface area contributed by atoms with Gasteiger partial charge in [-0.3, -0.25) is 0 Å². The number of ether oxygens (including phenoxy) is 4. The van der Waals surface area contributed by atoms with Crippen molar-refractivity contribution in [3.05, 3.63) is 108 Å². The van der Waals surface area contributed by atoms with Gasteiger partial charge >= 0.3 is 0 Å². The van der Waals surface area contributed by atoms with Crippen LogP contribution >= 0.6 is 0 Å². The molecule has 0 bridgehead atoms. The van der Waals surface area contributed by atoms with E-state index < -0.39 is 30.2 Å². The average Bonchev–Trinajstić information content (AvgIpc) is 3.44. The molecule has 1 N–H and O–H groups in total. The van der Waals surface area contributed by atoms with Crippen LogP contribution in [-0.4, -0.2) is 49.5 Å². The molecule has 1 aliphatic heterocycles. The zero-order valence-corrected chi connectivity index (χ0v) is 30.5. The Balaban J connectivity index is 1.45. The Morgan fingerprint density at radius 3 is 1.29 bits per heavy atom. The standard InChI is InChI=1S/C44H64O5/c1-3-5-7-9-11-13-15-26-34-46-41-40(49-43(45)42(41)47-35-27-16-14-12-10-8-6-4-2)36-48-44(37-28-20-17-21-29-37,38-30-22-18-23-31-38)39-32-24-19-25-33-39/h17-25,28-33,40-43,45H,3-16,26-27,34-36H2,1-2H3/t40-,41-,42-,43-/m1/s1. The molecular formula is C44H64O5. The van der Waals surface area contributed by atoms with E-state index in [1.807, 2.05) is 18.2 Å². The van der Waals surface area contributed by atoms with E-state index in [0.717, 1.165) is 42.4 Å². The van der Waals surface area contributed by atoms with Crippen molar-refractivity contribution < 1.29 is 24.1 Å². The molecule has 4 rings (SSSR count). The Morgan fingerprint density at radius 1 is 0.510 bits per heavy atom. The van der Waals surface area contributed by atoms with Crippen molar-refractivity contribution in [3.8, 4) is 0 Å². The number of hydrogen-bond acceptors (Lipinski definition) is 5. The minimum Gasteiger partial charge on any atom is -0.372 e. The second kappa shape index (κ2) is 23.0. The smallest absolute Gasteiger partial charge is 0.184 e. The van der Waals surface area contributed by atoms with Crippen LogP contribution in [0.1, 0.15) is 133 Å². The Hall–Kier alpha value is -2.54. The Morgan fingerprint density at radius 2 is 0.878 bits per heavy atom. The summed E-state index contributed by atoms with van der Waals surface area (Å²) >= 11 is 0. The quantitative estimate of drug-likeness (QED) is 0.0679. The first-order valence-electron chi connectivity index (χ1n) is 19.6. The maximum atomic E-state index is 11.2. The van der Waals surface area contributed by atoms with Crippen LogP contribution in [0.2, 0.25) is 0 Å². The third-order valence-corrected chi connectivity index (χ3v) is 9.91. The van der Waals surface area contributed by atoms with Crippen LogP contribution in [0.25, 0.3) is 0 Å². The van der Waals surface area contributed by atoms with Crippen molar-refractivity contribution in [1.82, 2.24) is 0 Å². The number of hydrogen-bond donors (Lipinski definition) is 1. The normalized spacial score (nSPS) is 19.4. The summed E-state index contributed by atoms with van der Waals surface area (Å²) in [5.41, 5.74) is 2.22. The van der Waals surface area contributed by atoms with Crippen LogP contribution in [0.3, 0.4) is 0 Å². The largest absolute Gasteiger partial charge is 0.372 e. The third-order valence-electron chi connectivity index (χ3n) is 9.91. The monoisotopic (exact) mass is 672 g/mol. The molecule has 5 heteroatoms. The summed E-state index contributed by atoms with van der Waals surface area (Å²) in [5.74, 6) is 0. The Kier molecular flexibility index (Phi) is 18.5. The van der Waals surface area contributed by atoms with E-state index in [1.165, 1.54) is 77.0 Å². The van der Waals surface area contributed by atoms with Crippen molar-refractivity contribution in [2.24, 2.45) is 0 Å². The SMILES string of the molecule is CCCCCCCCCCO[C@@H]1[C@H](OCCCCCCCCCC)[C@@H](COC(c2ccccc2)(c2ccccc2)c2ccccc2)O[C@H]1O. The van der Waals surface area contributed by atoms with Crippen molar-refractivity contribution in [2.45, 2.75) is 147 Å². The molecule has 1 heterocycles. The van der Waals surface area contributed by atoms with Crippen molar-refractivity contribution in [2.75, 3.05) is 19.8 Å². The Bertz CT molecular complexity index is 1120. The van der Waals surface area contributed by atoms with E-state index >= 15 is 0 Å². The highest BCUT2D eigenvalue weighted by atomic mass is 16.7.